The number of nitrogens with one attached hydrogen (secondary N) is 1. The number of rotatable bonds is 6. The van der Waals surface area contributed by atoms with E-state index >= 15 is 0 Å². The molecule has 21 heavy (non-hydrogen) atoms. The van der Waals surface area contributed by atoms with Crippen molar-refractivity contribution in [2.75, 3.05) is 6.54 Å². The van der Waals surface area contributed by atoms with Crippen LogP contribution in [0.25, 0.3) is 0 Å². The van der Waals surface area contributed by atoms with E-state index in [1.54, 1.807) is 0 Å². The van der Waals surface area contributed by atoms with Crippen LogP contribution in [-0.4, -0.2) is 6.54 Å². The predicted molar refractivity (Wildman–Crippen MR) is 92.2 cm³/mol. The highest BCUT2D eigenvalue weighted by molar-refractivity contribution is 9.10. The Balaban J connectivity index is 2.12. The van der Waals surface area contributed by atoms with Crippen LogP contribution in [0.5, 0.6) is 11.5 Å². The van der Waals surface area contributed by atoms with Gasteiger partial charge >= 0.3 is 0 Å². The Morgan fingerprint density at radius 2 is 1.90 bits per heavy atom. The Hall–Kier alpha value is -1.03. The molecule has 0 aromatic heterocycles. The van der Waals surface area contributed by atoms with Gasteiger partial charge in [-0.25, -0.2) is 0 Å². The van der Waals surface area contributed by atoms with Crippen molar-refractivity contribution in [2.24, 2.45) is 5.92 Å². The molecular formula is C17H19BrClNO. The van der Waals surface area contributed by atoms with Crippen molar-refractivity contribution in [3.8, 4) is 11.5 Å². The van der Waals surface area contributed by atoms with E-state index in [9.17, 15) is 0 Å². The molecular weight excluding hydrogens is 350 g/mol. The topological polar surface area (TPSA) is 21.3 Å². The molecule has 0 unspecified atom stereocenters. The first-order valence-corrected chi connectivity index (χ1v) is 8.15. The monoisotopic (exact) mass is 367 g/mol. The molecule has 4 heteroatoms. The standard InChI is InChI=1S/C17H19BrClNO/c1-12(2)10-20-11-13-5-3-4-6-16(13)21-17-8-7-14(19)9-15(17)18/h3-9,12,20H,10-11H2,1-2H3. The summed E-state index contributed by atoms with van der Waals surface area (Å²) in [6, 6.07) is 13.6. The summed E-state index contributed by atoms with van der Waals surface area (Å²) in [6.07, 6.45) is 0. The summed E-state index contributed by atoms with van der Waals surface area (Å²) in [4.78, 5) is 0. The highest BCUT2D eigenvalue weighted by atomic mass is 79.9. The van der Waals surface area contributed by atoms with Gasteiger partial charge in [0.1, 0.15) is 11.5 Å². The lowest BCUT2D eigenvalue weighted by Crippen LogP contribution is -2.19. The number of ether oxygens (including phenoxy) is 1. The van der Waals surface area contributed by atoms with Crippen molar-refractivity contribution in [3.05, 3.63) is 57.5 Å². The third-order valence-electron chi connectivity index (χ3n) is 2.95. The van der Waals surface area contributed by atoms with Crippen LogP contribution in [0.15, 0.2) is 46.9 Å². The number of hydrogen-bond donors (Lipinski definition) is 1. The van der Waals surface area contributed by atoms with Gasteiger partial charge < -0.3 is 10.1 Å². The van der Waals surface area contributed by atoms with Crippen LogP contribution in [0, 0.1) is 5.92 Å². The van der Waals surface area contributed by atoms with Gasteiger partial charge in [-0.05, 0) is 52.7 Å². The lowest BCUT2D eigenvalue weighted by molar-refractivity contribution is 0.466. The number of benzene rings is 2. The van der Waals surface area contributed by atoms with E-state index in [2.05, 4.69) is 41.2 Å². The molecule has 0 saturated heterocycles. The lowest BCUT2D eigenvalue weighted by Gasteiger charge is -2.14. The van der Waals surface area contributed by atoms with Gasteiger partial charge in [-0.2, -0.15) is 0 Å². The van der Waals surface area contributed by atoms with Crippen LogP contribution in [0.1, 0.15) is 19.4 Å². The van der Waals surface area contributed by atoms with E-state index in [1.165, 1.54) is 0 Å². The molecule has 2 aromatic carbocycles. The SMILES string of the molecule is CC(C)CNCc1ccccc1Oc1ccc(Cl)cc1Br. The van der Waals surface area contributed by atoms with Gasteiger partial charge in [0.2, 0.25) is 0 Å². The van der Waals surface area contributed by atoms with E-state index in [1.807, 2.05) is 36.4 Å². The fourth-order valence-corrected chi connectivity index (χ4v) is 2.69. The van der Waals surface area contributed by atoms with Gasteiger partial charge in [0.05, 0.1) is 4.47 Å². The fourth-order valence-electron chi connectivity index (χ4n) is 1.92. The molecule has 0 spiro atoms. The second-order valence-corrected chi connectivity index (χ2v) is 6.60. The Labute approximate surface area is 139 Å². The quantitative estimate of drug-likeness (QED) is 0.712. The summed E-state index contributed by atoms with van der Waals surface area (Å²) in [6.45, 7) is 6.17. The van der Waals surface area contributed by atoms with Crippen LogP contribution >= 0.6 is 27.5 Å². The Kier molecular flexibility index (Phi) is 6.09. The van der Waals surface area contributed by atoms with Gasteiger partial charge in [0.15, 0.2) is 0 Å². The molecule has 0 saturated carbocycles. The largest absolute Gasteiger partial charge is 0.456 e. The predicted octanol–water partition coefficient (Wildman–Crippen LogP) is 5.64. The summed E-state index contributed by atoms with van der Waals surface area (Å²) in [5.74, 6) is 2.25. The first-order valence-electron chi connectivity index (χ1n) is 6.98. The molecule has 0 heterocycles. The molecule has 0 aliphatic carbocycles. The summed E-state index contributed by atoms with van der Waals surface area (Å²) in [5.41, 5.74) is 1.14. The fraction of sp³-hybridized carbons (Fsp3) is 0.294. The summed E-state index contributed by atoms with van der Waals surface area (Å²) < 4.78 is 6.85. The Morgan fingerprint density at radius 3 is 2.62 bits per heavy atom. The summed E-state index contributed by atoms with van der Waals surface area (Å²) in [5, 5.41) is 4.12. The average molecular weight is 369 g/mol. The van der Waals surface area contributed by atoms with Crippen LogP contribution < -0.4 is 10.1 Å². The van der Waals surface area contributed by atoms with Crippen molar-refractivity contribution in [3.63, 3.8) is 0 Å². The molecule has 1 N–H and O–H groups in total. The van der Waals surface area contributed by atoms with E-state index in [0.717, 1.165) is 34.6 Å². The smallest absolute Gasteiger partial charge is 0.141 e. The van der Waals surface area contributed by atoms with Gasteiger partial charge in [0, 0.05) is 17.1 Å². The summed E-state index contributed by atoms with van der Waals surface area (Å²) in [7, 11) is 0. The van der Waals surface area contributed by atoms with Gasteiger partial charge in [0.25, 0.3) is 0 Å². The van der Waals surface area contributed by atoms with Crippen molar-refractivity contribution in [1.82, 2.24) is 5.32 Å². The van der Waals surface area contributed by atoms with Crippen LogP contribution in [0.4, 0.5) is 0 Å². The van der Waals surface area contributed by atoms with Crippen molar-refractivity contribution >= 4 is 27.5 Å². The minimum absolute atomic E-state index is 0.628. The number of halogens is 2. The van der Waals surface area contributed by atoms with Gasteiger partial charge in [-0.1, -0.05) is 43.6 Å². The normalized spacial score (nSPS) is 10.9. The zero-order valence-corrected chi connectivity index (χ0v) is 14.5. The molecule has 0 fully saturated rings. The Morgan fingerprint density at radius 1 is 1.14 bits per heavy atom. The zero-order valence-electron chi connectivity index (χ0n) is 12.2. The lowest BCUT2D eigenvalue weighted by atomic mass is 10.2. The Bertz CT molecular complexity index is 601. The minimum Gasteiger partial charge on any atom is -0.456 e. The molecule has 0 amide bonds. The first kappa shape index (κ1) is 16.3. The van der Waals surface area contributed by atoms with E-state index in [-0.39, 0.29) is 0 Å². The van der Waals surface area contributed by atoms with E-state index in [0.29, 0.717) is 10.9 Å². The highest BCUT2D eigenvalue weighted by Gasteiger charge is 2.07. The second kappa shape index (κ2) is 7.83. The highest BCUT2D eigenvalue weighted by Crippen LogP contribution is 2.33. The third-order valence-corrected chi connectivity index (χ3v) is 3.81. The zero-order chi connectivity index (χ0) is 15.2. The maximum atomic E-state index is 6.01. The van der Waals surface area contributed by atoms with E-state index in [4.69, 9.17) is 16.3 Å². The molecule has 2 aromatic rings. The molecule has 2 nitrogen and oxygen atoms in total. The second-order valence-electron chi connectivity index (χ2n) is 5.31. The molecule has 2 rings (SSSR count). The van der Waals surface area contributed by atoms with Crippen LogP contribution in [0.3, 0.4) is 0 Å². The molecule has 0 aliphatic rings. The molecule has 0 atom stereocenters. The molecule has 0 radical (unpaired) electrons. The van der Waals surface area contributed by atoms with E-state index < -0.39 is 0 Å². The minimum atomic E-state index is 0.628. The molecule has 112 valence electrons. The maximum Gasteiger partial charge on any atom is 0.141 e. The first-order chi connectivity index (χ1) is 10.1. The third kappa shape index (κ3) is 5.03. The number of hydrogen-bond acceptors (Lipinski definition) is 2. The maximum absolute atomic E-state index is 6.01. The van der Waals surface area contributed by atoms with Crippen molar-refractivity contribution in [1.29, 1.82) is 0 Å². The van der Waals surface area contributed by atoms with Crippen LogP contribution in [-0.2, 0) is 6.54 Å². The van der Waals surface area contributed by atoms with Gasteiger partial charge in [-0.3, -0.25) is 0 Å². The van der Waals surface area contributed by atoms with Gasteiger partial charge in [-0.15, -0.1) is 0 Å². The van der Waals surface area contributed by atoms with Crippen molar-refractivity contribution in [2.45, 2.75) is 20.4 Å². The van der Waals surface area contributed by atoms with Crippen LogP contribution in [0.2, 0.25) is 5.02 Å². The molecule has 0 bridgehead atoms. The average Bonchev–Trinajstić information content (AvgIpc) is 2.43. The van der Waals surface area contributed by atoms with Crippen molar-refractivity contribution < 1.29 is 4.74 Å². The molecule has 0 aliphatic heterocycles. The number of para-hydroxylation sites is 1. The summed E-state index contributed by atoms with van der Waals surface area (Å²) >= 11 is 9.43.